The number of rotatable bonds is 3. The Hall–Kier alpha value is -1.10. The van der Waals surface area contributed by atoms with Gasteiger partial charge in [-0.05, 0) is 6.07 Å². The van der Waals surface area contributed by atoms with Gasteiger partial charge in [0.1, 0.15) is 0 Å². The topological polar surface area (TPSA) is 72.5 Å². The van der Waals surface area contributed by atoms with Gasteiger partial charge in [0.2, 0.25) is 0 Å². The van der Waals surface area contributed by atoms with Crippen molar-refractivity contribution >= 4 is 17.6 Å². The minimum atomic E-state index is -1.60. The third-order valence-corrected chi connectivity index (χ3v) is 2.48. The Kier molecular flexibility index (Phi) is 3.68. The molecule has 1 aromatic carbocycles. The van der Waals surface area contributed by atoms with Crippen LogP contribution in [0.3, 0.4) is 0 Å². The van der Waals surface area contributed by atoms with Gasteiger partial charge in [0.25, 0.3) is 0 Å². The standard InChI is InChI=1S/C10H12ClNO3/c1-15-9(14)10(12,6-13)7-4-2-3-5-8(7)11/h2-5,13H,6,12H2,1H3. The summed E-state index contributed by atoms with van der Waals surface area (Å²) in [4.78, 5) is 11.5. The quantitative estimate of drug-likeness (QED) is 0.747. The molecule has 1 rings (SSSR count). The van der Waals surface area contributed by atoms with Crippen LogP contribution < -0.4 is 5.73 Å². The number of hydrogen-bond acceptors (Lipinski definition) is 4. The summed E-state index contributed by atoms with van der Waals surface area (Å²) in [7, 11) is 1.20. The van der Waals surface area contributed by atoms with Gasteiger partial charge in [-0.3, -0.25) is 0 Å². The Labute approximate surface area is 92.6 Å². The number of methoxy groups -OCH3 is 1. The lowest BCUT2D eigenvalue weighted by molar-refractivity contribution is -0.149. The predicted molar refractivity (Wildman–Crippen MR) is 56.4 cm³/mol. The van der Waals surface area contributed by atoms with Crippen LogP contribution in [0, 0.1) is 0 Å². The van der Waals surface area contributed by atoms with Crippen molar-refractivity contribution in [2.45, 2.75) is 5.54 Å². The summed E-state index contributed by atoms with van der Waals surface area (Å²) in [6.45, 7) is -0.566. The molecule has 4 nitrogen and oxygen atoms in total. The first kappa shape index (κ1) is 12.0. The van der Waals surface area contributed by atoms with Gasteiger partial charge < -0.3 is 15.6 Å². The molecule has 0 spiro atoms. The number of esters is 1. The Morgan fingerprint density at radius 2 is 2.20 bits per heavy atom. The number of hydrogen-bond donors (Lipinski definition) is 2. The molecule has 0 aliphatic rings. The summed E-state index contributed by atoms with van der Waals surface area (Å²) in [5.41, 5.74) is 4.51. The van der Waals surface area contributed by atoms with E-state index in [1.165, 1.54) is 7.11 Å². The smallest absolute Gasteiger partial charge is 0.332 e. The lowest BCUT2D eigenvalue weighted by atomic mass is 9.92. The van der Waals surface area contributed by atoms with Crippen LogP contribution in [-0.4, -0.2) is 24.8 Å². The molecule has 1 atom stereocenters. The van der Waals surface area contributed by atoms with Crippen LogP contribution in [0.5, 0.6) is 0 Å². The molecule has 0 bridgehead atoms. The van der Waals surface area contributed by atoms with Gasteiger partial charge in [-0.25, -0.2) is 4.79 Å². The fourth-order valence-electron chi connectivity index (χ4n) is 1.26. The SMILES string of the molecule is COC(=O)C(N)(CO)c1ccccc1Cl. The van der Waals surface area contributed by atoms with Crippen molar-refractivity contribution in [3.8, 4) is 0 Å². The Bertz CT molecular complexity index is 369. The molecule has 1 unspecified atom stereocenters. The fraction of sp³-hybridized carbons (Fsp3) is 0.300. The molecular weight excluding hydrogens is 218 g/mol. The zero-order chi connectivity index (χ0) is 11.5. The number of benzene rings is 1. The third kappa shape index (κ3) is 2.12. The summed E-state index contributed by atoms with van der Waals surface area (Å²) >= 11 is 5.89. The highest BCUT2D eigenvalue weighted by Gasteiger charge is 2.38. The summed E-state index contributed by atoms with van der Waals surface area (Å²) < 4.78 is 4.53. The van der Waals surface area contributed by atoms with Crippen LogP contribution in [0.1, 0.15) is 5.56 Å². The molecular formula is C10H12ClNO3. The molecule has 0 aliphatic heterocycles. The van der Waals surface area contributed by atoms with Gasteiger partial charge in [0, 0.05) is 10.6 Å². The van der Waals surface area contributed by atoms with Crippen LogP contribution in [0.4, 0.5) is 0 Å². The van der Waals surface area contributed by atoms with E-state index in [0.717, 1.165) is 0 Å². The van der Waals surface area contributed by atoms with Crippen molar-refractivity contribution < 1.29 is 14.6 Å². The average molecular weight is 230 g/mol. The molecule has 82 valence electrons. The van der Waals surface area contributed by atoms with Gasteiger partial charge in [-0.1, -0.05) is 29.8 Å². The number of nitrogens with two attached hydrogens (primary N) is 1. The lowest BCUT2D eigenvalue weighted by Gasteiger charge is -2.25. The van der Waals surface area contributed by atoms with E-state index < -0.39 is 18.1 Å². The number of carbonyl (C=O) groups excluding carboxylic acids is 1. The van der Waals surface area contributed by atoms with Crippen molar-refractivity contribution in [2.75, 3.05) is 13.7 Å². The summed E-state index contributed by atoms with van der Waals surface area (Å²) in [5, 5.41) is 9.50. The van der Waals surface area contributed by atoms with Gasteiger partial charge in [-0.15, -0.1) is 0 Å². The summed E-state index contributed by atoms with van der Waals surface area (Å²) in [6.07, 6.45) is 0. The third-order valence-electron chi connectivity index (χ3n) is 2.15. The normalized spacial score (nSPS) is 14.4. The highest BCUT2D eigenvalue weighted by molar-refractivity contribution is 6.31. The van der Waals surface area contributed by atoms with Crippen LogP contribution in [0.15, 0.2) is 24.3 Å². The second kappa shape index (κ2) is 4.61. The van der Waals surface area contributed by atoms with Crippen molar-refractivity contribution in [3.05, 3.63) is 34.9 Å². The Morgan fingerprint density at radius 3 is 2.67 bits per heavy atom. The van der Waals surface area contributed by atoms with E-state index in [0.29, 0.717) is 10.6 Å². The number of halogens is 1. The van der Waals surface area contributed by atoms with Crippen LogP contribution in [0.2, 0.25) is 5.02 Å². The van der Waals surface area contributed by atoms with Crippen LogP contribution in [0.25, 0.3) is 0 Å². The van der Waals surface area contributed by atoms with Gasteiger partial charge in [-0.2, -0.15) is 0 Å². The van der Waals surface area contributed by atoms with Crippen molar-refractivity contribution in [2.24, 2.45) is 5.73 Å². The molecule has 0 radical (unpaired) electrons. The van der Waals surface area contributed by atoms with Crippen LogP contribution >= 0.6 is 11.6 Å². The number of ether oxygens (including phenoxy) is 1. The fourth-order valence-corrected chi connectivity index (χ4v) is 1.57. The van der Waals surface area contributed by atoms with Crippen molar-refractivity contribution in [3.63, 3.8) is 0 Å². The molecule has 3 N–H and O–H groups in total. The minimum Gasteiger partial charge on any atom is -0.467 e. The molecule has 0 aliphatic carbocycles. The maximum absolute atomic E-state index is 11.5. The number of aliphatic hydroxyl groups is 1. The highest BCUT2D eigenvalue weighted by Crippen LogP contribution is 2.26. The van der Waals surface area contributed by atoms with E-state index in [1.807, 2.05) is 0 Å². The van der Waals surface area contributed by atoms with E-state index in [2.05, 4.69) is 4.74 Å². The second-order valence-corrected chi connectivity index (χ2v) is 3.51. The maximum atomic E-state index is 11.5. The molecule has 0 saturated heterocycles. The minimum absolute atomic E-state index is 0.319. The van der Waals surface area contributed by atoms with Crippen LogP contribution in [-0.2, 0) is 15.1 Å². The molecule has 5 heteroatoms. The predicted octanol–water partition coefficient (Wildman–Crippen LogP) is 0.659. The number of aliphatic hydroxyl groups excluding tert-OH is 1. The zero-order valence-electron chi connectivity index (χ0n) is 8.24. The van der Waals surface area contributed by atoms with Gasteiger partial charge >= 0.3 is 5.97 Å². The monoisotopic (exact) mass is 229 g/mol. The molecule has 0 amide bonds. The second-order valence-electron chi connectivity index (χ2n) is 3.10. The van der Waals surface area contributed by atoms with Gasteiger partial charge in [0.05, 0.1) is 13.7 Å². The van der Waals surface area contributed by atoms with E-state index in [1.54, 1.807) is 24.3 Å². The molecule has 0 saturated carbocycles. The van der Waals surface area contributed by atoms with E-state index in [4.69, 9.17) is 17.3 Å². The van der Waals surface area contributed by atoms with Crippen molar-refractivity contribution in [1.82, 2.24) is 0 Å². The summed E-state index contributed by atoms with van der Waals surface area (Å²) in [6, 6.07) is 6.56. The lowest BCUT2D eigenvalue weighted by Crippen LogP contribution is -2.49. The largest absolute Gasteiger partial charge is 0.467 e. The Balaban J connectivity index is 3.23. The zero-order valence-corrected chi connectivity index (χ0v) is 8.99. The number of carbonyl (C=O) groups is 1. The summed E-state index contributed by atoms with van der Waals surface area (Å²) in [5.74, 6) is -0.724. The molecule has 1 aromatic rings. The van der Waals surface area contributed by atoms with Gasteiger partial charge in [0.15, 0.2) is 5.54 Å². The van der Waals surface area contributed by atoms with E-state index in [9.17, 15) is 9.90 Å². The molecule has 15 heavy (non-hydrogen) atoms. The molecule has 0 heterocycles. The van der Waals surface area contributed by atoms with E-state index >= 15 is 0 Å². The van der Waals surface area contributed by atoms with E-state index in [-0.39, 0.29) is 0 Å². The molecule has 0 fully saturated rings. The molecule has 0 aromatic heterocycles. The first-order valence-corrected chi connectivity index (χ1v) is 4.67. The highest BCUT2D eigenvalue weighted by atomic mass is 35.5. The first-order chi connectivity index (χ1) is 7.06. The first-order valence-electron chi connectivity index (χ1n) is 4.29. The Morgan fingerprint density at radius 1 is 1.60 bits per heavy atom. The van der Waals surface area contributed by atoms with Crippen molar-refractivity contribution in [1.29, 1.82) is 0 Å². The maximum Gasteiger partial charge on any atom is 0.332 e. The average Bonchev–Trinajstić information content (AvgIpc) is 2.27.